The van der Waals surface area contributed by atoms with E-state index in [1.165, 1.54) is 36.4 Å². The van der Waals surface area contributed by atoms with Crippen LogP contribution in [0.25, 0.3) is 0 Å². The van der Waals surface area contributed by atoms with Crippen molar-refractivity contribution in [1.82, 2.24) is 4.90 Å². The minimum atomic E-state index is -1.24. The molecule has 0 saturated heterocycles. The minimum Gasteiger partial charge on any atom is -0.466 e. The molecule has 10 heteroatoms. The van der Waals surface area contributed by atoms with Crippen LogP contribution >= 0.6 is 23.2 Å². The van der Waals surface area contributed by atoms with Gasteiger partial charge in [-0.25, -0.2) is 4.79 Å². The molecule has 0 N–H and O–H groups in total. The molecule has 1 aliphatic heterocycles. The van der Waals surface area contributed by atoms with Crippen LogP contribution in [0.15, 0.2) is 48.6 Å². The maximum Gasteiger partial charge on any atom is 0.335 e. The van der Waals surface area contributed by atoms with Crippen molar-refractivity contribution < 1.29 is 24.0 Å². The van der Waals surface area contributed by atoms with Gasteiger partial charge in [0.2, 0.25) is 0 Å². The van der Waals surface area contributed by atoms with Gasteiger partial charge in [0, 0.05) is 12.1 Å². The van der Waals surface area contributed by atoms with Gasteiger partial charge in [0.05, 0.1) is 44.8 Å². The molecule has 0 aliphatic carbocycles. The van der Waals surface area contributed by atoms with Crippen LogP contribution in [0, 0.1) is 10.1 Å². The van der Waals surface area contributed by atoms with E-state index in [4.69, 9.17) is 23.2 Å². The van der Waals surface area contributed by atoms with E-state index < -0.39 is 28.7 Å². The molecule has 29 heavy (non-hydrogen) atoms. The number of fused-ring (bicyclic) bond motifs is 1. The predicted molar refractivity (Wildman–Crippen MR) is 104 cm³/mol. The number of methoxy groups -OCH3 is 1. The first kappa shape index (κ1) is 20.5. The number of hydrogen-bond donors (Lipinski definition) is 0. The number of amides is 2. The summed E-state index contributed by atoms with van der Waals surface area (Å²) in [7, 11) is 1.13. The van der Waals surface area contributed by atoms with E-state index in [9.17, 15) is 24.5 Å². The van der Waals surface area contributed by atoms with Crippen LogP contribution in [-0.2, 0) is 9.53 Å². The maximum absolute atomic E-state index is 13.0. The fraction of sp³-hybridized carbons (Fsp3) is 0.105. The second-order valence-electron chi connectivity index (χ2n) is 6.06. The van der Waals surface area contributed by atoms with Crippen LogP contribution < -0.4 is 0 Å². The van der Waals surface area contributed by atoms with Gasteiger partial charge in [-0.05, 0) is 29.8 Å². The van der Waals surface area contributed by atoms with Gasteiger partial charge in [0.1, 0.15) is 0 Å². The average Bonchev–Trinajstić information content (AvgIpc) is 2.93. The van der Waals surface area contributed by atoms with Gasteiger partial charge in [-0.1, -0.05) is 29.8 Å². The normalized spacial score (nSPS) is 13.8. The summed E-state index contributed by atoms with van der Waals surface area (Å²) >= 11 is 11.9. The molecule has 1 atom stereocenters. The Bertz CT molecular complexity index is 1040. The number of rotatable bonds is 5. The van der Waals surface area contributed by atoms with Gasteiger partial charge in [0.15, 0.2) is 0 Å². The molecule has 1 heterocycles. The number of halogens is 2. The lowest BCUT2D eigenvalue weighted by Gasteiger charge is -2.27. The van der Waals surface area contributed by atoms with Gasteiger partial charge >= 0.3 is 5.97 Å². The van der Waals surface area contributed by atoms with E-state index >= 15 is 0 Å². The Balaban J connectivity index is 2.13. The molecule has 2 aromatic carbocycles. The van der Waals surface area contributed by atoms with Crippen molar-refractivity contribution in [3.8, 4) is 0 Å². The van der Waals surface area contributed by atoms with Crippen molar-refractivity contribution in [3.63, 3.8) is 0 Å². The number of hydrogen-bond acceptors (Lipinski definition) is 6. The number of non-ortho nitro benzene ring substituents is 1. The van der Waals surface area contributed by atoms with Crippen LogP contribution in [0.5, 0.6) is 0 Å². The first-order valence-corrected chi connectivity index (χ1v) is 8.81. The lowest BCUT2D eigenvalue weighted by Crippen LogP contribution is -2.36. The van der Waals surface area contributed by atoms with E-state index in [2.05, 4.69) is 11.3 Å². The molecule has 0 spiro atoms. The van der Waals surface area contributed by atoms with Crippen molar-refractivity contribution in [2.45, 2.75) is 6.04 Å². The Labute approximate surface area is 174 Å². The quantitative estimate of drug-likeness (QED) is 0.231. The Kier molecular flexibility index (Phi) is 5.41. The largest absolute Gasteiger partial charge is 0.466 e. The second-order valence-corrected chi connectivity index (χ2v) is 6.87. The average molecular weight is 435 g/mol. The minimum absolute atomic E-state index is 0.0222. The summed E-state index contributed by atoms with van der Waals surface area (Å²) in [4.78, 5) is 49.2. The molecule has 8 nitrogen and oxygen atoms in total. The molecule has 148 valence electrons. The zero-order valence-electron chi connectivity index (χ0n) is 14.8. The van der Waals surface area contributed by atoms with Crippen molar-refractivity contribution in [2.75, 3.05) is 7.11 Å². The third-order valence-electron chi connectivity index (χ3n) is 4.41. The summed E-state index contributed by atoms with van der Waals surface area (Å²) in [6.45, 7) is 3.66. The Morgan fingerprint density at radius 3 is 2.00 bits per heavy atom. The monoisotopic (exact) mass is 434 g/mol. The van der Waals surface area contributed by atoms with Crippen LogP contribution in [0.2, 0.25) is 10.0 Å². The van der Waals surface area contributed by atoms with E-state index in [1.54, 1.807) is 0 Å². The number of nitrogens with zero attached hydrogens (tertiary/aromatic N) is 2. The number of imide groups is 1. The Morgan fingerprint density at radius 2 is 1.59 bits per heavy atom. The number of carbonyl (C=O) groups excluding carboxylic acids is 3. The Hall–Kier alpha value is -3.23. The zero-order chi connectivity index (χ0) is 21.5. The number of nitro groups is 1. The highest BCUT2D eigenvalue weighted by Crippen LogP contribution is 2.38. The number of nitro benzene ring substituents is 1. The number of esters is 1. The summed E-state index contributed by atoms with van der Waals surface area (Å²) in [5, 5.41) is 11.1. The lowest BCUT2D eigenvalue weighted by molar-refractivity contribution is -0.384. The summed E-state index contributed by atoms with van der Waals surface area (Å²) in [6.07, 6.45) is 0. The molecule has 0 saturated carbocycles. The topological polar surface area (TPSA) is 107 Å². The third-order valence-corrected chi connectivity index (χ3v) is 5.14. The molecular formula is C19H12Cl2N2O6. The molecule has 1 aliphatic rings. The first-order valence-electron chi connectivity index (χ1n) is 8.05. The second kappa shape index (κ2) is 7.65. The number of benzene rings is 2. The molecule has 0 fully saturated rings. The van der Waals surface area contributed by atoms with Crippen molar-refractivity contribution in [2.24, 2.45) is 0 Å². The Morgan fingerprint density at radius 1 is 1.10 bits per heavy atom. The fourth-order valence-corrected chi connectivity index (χ4v) is 3.34. The highest BCUT2D eigenvalue weighted by molar-refractivity contribution is 6.43. The molecule has 0 radical (unpaired) electrons. The van der Waals surface area contributed by atoms with Crippen molar-refractivity contribution >= 4 is 46.7 Å². The number of carbonyl (C=O) groups is 3. The van der Waals surface area contributed by atoms with E-state index in [0.717, 1.165) is 12.0 Å². The van der Waals surface area contributed by atoms with E-state index in [-0.39, 0.29) is 38.0 Å². The van der Waals surface area contributed by atoms with Crippen molar-refractivity contribution in [3.05, 3.63) is 85.4 Å². The van der Waals surface area contributed by atoms with Crippen molar-refractivity contribution in [1.29, 1.82) is 0 Å². The molecule has 1 unspecified atom stereocenters. The standard InChI is InChI=1S/C19H12Cl2N2O6/c1-9(19(26)29-2)16(10-3-5-11(6-4-10)23(27)28)22-17(24)12-7-14(20)15(21)8-13(12)18(22)25/h3-8,16H,1H2,2H3. The molecule has 3 rings (SSSR count). The summed E-state index contributed by atoms with van der Waals surface area (Å²) in [5.41, 5.74) is -0.0918. The van der Waals surface area contributed by atoms with Gasteiger partial charge in [-0.2, -0.15) is 0 Å². The van der Waals surface area contributed by atoms with Gasteiger partial charge in [-0.15, -0.1) is 0 Å². The SMILES string of the molecule is C=C(C(=O)OC)C(c1ccc([N+](=O)[O-])cc1)N1C(=O)c2cc(Cl)c(Cl)cc2C1=O. The molecule has 0 aromatic heterocycles. The number of ether oxygens (including phenoxy) is 1. The predicted octanol–water partition coefficient (Wildman–Crippen LogP) is 3.97. The van der Waals surface area contributed by atoms with Gasteiger partial charge < -0.3 is 4.74 Å². The smallest absolute Gasteiger partial charge is 0.335 e. The van der Waals surface area contributed by atoms with Crippen LogP contribution in [0.4, 0.5) is 5.69 Å². The highest BCUT2D eigenvalue weighted by atomic mass is 35.5. The molecule has 0 bridgehead atoms. The molecule has 2 amide bonds. The lowest BCUT2D eigenvalue weighted by atomic mass is 9.97. The maximum atomic E-state index is 13.0. The third kappa shape index (κ3) is 3.48. The summed E-state index contributed by atoms with van der Waals surface area (Å²) in [6, 6.07) is 6.35. The fourth-order valence-electron chi connectivity index (χ4n) is 3.01. The zero-order valence-corrected chi connectivity index (χ0v) is 16.4. The molecular weight excluding hydrogens is 423 g/mol. The van der Waals surface area contributed by atoms with E-state index in [1.807, 2.05) is 0 Å². The van der Waals surface area contributed by atoms with Crippen LogP contribution in [-0.4, -0.2) is 34.7 Å². The van der Waals surface area contributed by atoms with Gasteiger partial charge in [0.25, 0.3) is 17.5 Å². The van der Waals surface area contributed by atoms with E-state index in [0.29, 0.717) is 0 Å². The summed E-state index contributed by atoms with van der Waals surface area (Å²) in [5.74, 6) is -2.27. The molecule has 2 aromatic rings. The van der Waals surface area contributed by atoms with Gasteiger partial charge in [-0.3, -0.25) is 24.6 Å². The first-order chi connectivity index (χ1) is 13.7. The highest BCUT2D eigenvalue weighted by Gasteiger charge is 2.43. The van der Waals surface area contributed by atoms with Crippen LogP contribution in [0.1, 0.15) is 32.3 Å². The summed E-state index contributed by atoms with van der Waals surface area (Å²) < 4.78 is 4.68. The van der Waals surface area contributed by atoms with Crippen LogP contribution in [0.3, 0.4) is 0 Å².